The highest BCUT2D eigenvalue weighted by Crippen LogP contribution is 2.25. The zero-order valence-corrected chi connectivity index (χ0v) is 10.6. The zero-order valence-electron chi connectivity index (χ0n) is 10.6. The van der Waals surface area contributed by atoms with Crippen LogP contribution in [0.5, 0.6) is 0 Å². The molecule has 0 aliphatic rings. The largest absolute Gasteiger partial charge is 0.384 e. The molecule has 0 saturated heterocycles. The maximum absolute atomic E-state index is 10.9. The smallest absolute Gasteiger partial charge is 0.381 e. The van der Waals surface area contributed by atoms with Gasteiger partial charge in [-0.1, -0.05) is 19.0 Å². The van der Waals surface area contributed by atoms with Crippen LogP contribution in [0.1, 0.15) is 13.8 Å². The molecule has 0 N–H and O–H groups in total. The van der Waals surface area contributed by atoms with Crippen LogP contribution in [0.3, 0.4) is 0 Å². The molecule has 1 aromatic rings. The minimum atomic E-state index is -0.583. The van der Waals surface area contributed by atoms with Crippen LogP contribution in [0.4, 0.5) is 5.82 Å². The van der Waals surface area contributed by atoms with E-state index in [-0.39, 0.29) is 12.4 Å². The molecule has 1 atom stereocenters. The third-order valence-corrected chi connectivity index (χ3v) is 2.74. The summed E-state index contributed by atoms with van der Waals surface area (Å²) < 4.78 is 6.53. The summed E-state index contributed by atoms with van der Waals surface area (Å²) in [5, 5.41) is 13.6. The Morgan fingerprint density at radius 1 is 1.67 bits per heavy atom. The van der Waals surface area contributed by atoms with Crippen LogP contribution in [0.15, 0.2) is 17.7 Å². The van der Waals surface area contributed by atoms with Crippen molar-refractivity contribution in [2.45, 2.75) is 26.4 Å². The van der Waals surface area contributed by atoms with E-state index >= 15 is 0 Å². The van der Waals surface area contributed by atoms with Gasteiger partial charge in [-0.25, -0.2) is 0 Å². The molecule has 0 bridgehead atoms. The van der Waals surface area contributed by atoms with Gasteiger partial charge in [0.15, 0.2) is 0 Å². The highest BCUT2D eigenvalue weighted by atomic mass is 16.6. The molecule has 0 radical (unpaired) electrons. The Balaban J connectivity index is 2.79. The molecule has 8 nitrogen and oxygen atoms in total. The Labute approximate surface area is 104 Å². The monoisotopic (exact) mass is 256 g/mol. The lowest BCUT2D eigenvalue weighted by atomic mass is 9.85. The van der Waals surface area contributed by atoms with Gasteiger partial charge in [-0.15, -0.1) is 0 Å². The molecule has 0 aliphatic heterocycles. The normalized spacial score (nSPS) is 13.3. The first-order chi connectivity index (χ1) is 8.40. The van der Waals surface area contributed by atoms with Gasteiger partial charge in [-0.3, -0.25) is 0 Å². The average Bonchev–Trinajstić information content (AvgIpc) is 2.74. The lowest BCUT2D eigenvalue weighted by Gasteiger charge is -2.28. The van der Waals surface area contributed by atoms with Crippen LogP contribution < -0.4 is 0 Å². The summed E-state index contributed by atoms with van der Waals surface area (Å²) in [6.07, 6.45) is 2.60. The Hall–Kier alpha value is -1.83. The van der Waals surface area contributed by atoms with E-state index in [1.165, 1.54) is 17.1 Å². The molecule has 100 valence electrons. The van der Waals surface area contributed by atoms with Gasteiger partial charge in [0.05, 0.1) is 13.2 Å². The second-order valence-corrected chi connectivity index (χ2v) is 4.73. The second kappa shape index (κ2) is 5.67. The van der Waals surface area contributed by atoms with Crippen LogP contribution in [0, 0.1) is 20.4 Å². The number of nitroso groups, excluding NO2 is 1. The number of rotatable bonds is 7. The van der Waals surface area contributed by atoms with Gasteiger partial charge in [0.2, 0.25) is 6.33 Å². The molecule has 1 heterocycles. The van der Waals surface area contributed by atoms with Crippen molar-refractivity contribution < 1.29 is 9.66 Å². The van der Waals surface area contributed by atoms with Crippen LogP contribution in [-0.2, 0) is 11.3 Å². The highest BCUT2D eigenvalue weighted by Gasteiger charge is 2.31. The molecule has 0 saturated carbocycles. The summed E-state index contributed by atoms with van der Waals surface area (Å²) in [7, 11) is 1.55. The first kappa shape index (κ1) is 14.2. The quantitative estimate of drug-likeness (QED) is 0.419. The molecular weight excluding hydrogens is 240 g/mol. The Kier molecular flexibility index (Phi) is 4.49. The van der Waals surface area contributed by atoms with Crippen molar-refractivity contribution in [1.29, 1.82) is 0 Å². The molecular formula is C10H16N4O4. The van der Waals surface area contributed by atoms with Crippen molar-refractivity contribution in [1.82, 2.24) is 9.55 Å². The van der Waals surface area contributed by atoms with E-state index in [2.05, 4.69) is 10.2 Å². The molecule has 0 aromatic carbocycles. The van der Waals surface area contributed by atoms with Crippen molar-refractivity contribution in [2.24, 2.45) is 10.6 Å². The van der Waals surface area contributed by atoms with Gasteiger partial charge in [0.25, 0.3) is 0 Å². The third kappa shape index (κ3) is 3.33. The summed E-state index contributed by atoms with van der Waals surface area (Å²) in [4.78, 5) is 24.4. The van der Waals surface area contributed by atoms with E-state index in [0.29, 0.717) is 6.61 Å². The number of hydrogen-bond donors (Lipinski definition) is 0. The SMILES string of the molecule is COCC(C)(C)C(Cn1cnc([N+](=O)[O-])c1)N=O. The van der Waals surface area contributed by atoms with Crippen molar-refractivity contribution >= 4 is 5.82 Å². The van der Waals surface area contributed by atoms with Gasteiger partial charge in [-0.2, -0.15) is 4.91 Å². The van der Waals surface area contributed by atoms with Crippen LogP contribution in [0.25, 0.3) is 0 Å². The van der Waals surface area contributed by atoms with E-state index < -0.39 is 16.4 Å². The summed E-state index contributed by atoms with van der Waals surface area (Å²) in [6, 6.07) is -0.550. The predicted molar refractivity (Wildman–Crippen MR) is 64.1 cm³/mol. The number of aromatic nitrogens is 2. The predicted octanol–water partition coefficient (Wildman–Crippen LogP) is 1.60. The molecule has 0 amide bonds. The van der Waals surface area contributed by atoms with E-state index in [4.69, 9.17) is 4.74 Å². The molecule has 18 heavy (non-hydrogen) atoms. The van der Waals surface area contributed by atoms with Crippen LogP contribution in [-0.4, -0.2) is 34.2 Å². The lowest BCUT2D eigenvalue weighted by Crippen LogP contribution is -2.35. The topological polar surface area (TPSA) is 99.6 Å². The molecule has 0 spiro atoms. The fourth-order valence-corrected chi connectivity index (χ4v) is 1.63. The molecule has 1 aromatic heterocycles. The number of imidazole rings is 1. The number of hydrogen-bond acceptors (Lipinski definition) is 6. The van der Waals surface area contributed by atoms with E-state index in [1.54, 1.807) is 7.11 Å². The van der Waals surface area contributed by atoms with E-state index in [1.807, 2.05) is 13.8 Å². The fourth-order valence-electron chi connectivity index (χ4n) is 1.63. The Bertz CT molecular complexity index is 429. The molecule has 1 unspecified atom stereocenters. The minimum Gasteiger partial charge on any atom is -0.384 e. The average molecular weight is 256 g/mol. The van der Waals surface area contributed by atoms with Crippen molar-refractivity contribution in [2.75, 3.05) is 13.7 Å². The Morgan fingerprint density at radius 2 is 2.33 bits per heavy atom. The van der Waals surface area contributed by atoms with E-state index in [9.17, 15) is 15.0 Å². The van der Waals surface area contributed by atoms with Gasteiger partial charge in [0.1, 0.15) is 12.2 Å². The summed E-state index contributed by atoms with van der Waals surface area (Å²) in [5.41, 5.74) is -0.449. The first-order valence-corrected chi connectivity index (χ1v) is 5.38. The third-order valence-electron chi connectivity index (χ3n) is 2.74. The van der Waals surface area contributed by atoms with Crippen LogP contribution in [0.2, 0.25) is 0 Å². The highest BCUT2D eigenvalue weighted by molar-refractivity contribution is 5.12. The molecule has 0 aliphatic carbocycles. The first-order valence-electron chi connectivity index (χ1n) is 5.38. The fraction of sp³-hybridized carbons (Fsp3) is 0.700. The van der Waals surface area contributed by atoms with Gasteiger partial charge < -0.3 is 19.4 Å². The summed E-state index contributed by atoms with van der Waals surface area (Å²) in [6.45, 7) is 4.32. The summed E-state index contributed by atoms with van der Waals surface area (Å²) in [5.74, 6) is -0.246. The molecule has 8 heteroatoms. The zero-order chi connectivity index (χ0) is 13.8. The van der Waals surface area contributed by atoms with Crippen molar-refractivity contribution in [3.05, 3.63) is 27.5 Å². The second-order valence-electron chi connectivity index (χ2n) is 4.73. The lowest BCUT2D eigenvalue weighted by molar-refractivity contribution is -0.389. The summed E-state index contributed by atoms with van der Waals surface area (Å²) >= 11 is 0. The van der Waals surface area contributed by atoms with Gasteiger partial charge in [-0.05, 0) is 9.91 Å². The van der Waals surface area contributed by atoms with Gasteiger partial charge in [0, 0.05) is 12.5 Å². The van der Waals surface area contributed by atoms with Gasteiger partial charge >= 0.3 is 5.82 Å². The Morgan fingerprint density at radius 3 is 2.78 bits per heavy atom. The maximum Gasteiger partial charge on any atom is 0.381 e. The number of methoxy groups -OCH3 is 1. The number of nitrogens with zero attached hydrogens (tertiary/aromatic N) is 4. The standard InChI is InChI=1S/C10H16N4O4/c1-10(2,6-18-3)8(12-15)4-13-5-9(11-7-13)14(16)17/h5,7-8H,4,6H2,1-3H3. The molecule has 0 fully saturated rings. The number of ether oxygens (including phenoxy) is 1. The molecule has 1 rings (SSSR count). The minimum absolute atomic E-state index is 0.237. The van der Waals surface area contributed by atoms with Crippen molar-refractivity contribution in [3.8, 4) is 0 Å². The maximum atomic E-state index is 10.9. The number of nitro groups is 1. The van der Waals surface area contributed by atoms with E-state index in [0.717, 1.165) is 0 Å². The van der Waals surface area contributed by atoms with Crippen molar-refractivity contribution in [3.63, 3.8) is 0 Å². The van der Waals surface area contributed by atoms with Crippen LogP contribution >= 0.6 is 0 Å².